The number of aromatic nitrogens is 3. The number of benzene rings is 2. The van der Waals surface area contributed by atoms with E-state index in [-0.39, 0.29) is 41.6 Å². The lowest BCUT2D eigenvalue weighted by molar-refractivity contribution is -0.00206. The van der Waals surface area contributed by atoms with Crippen LogP contribution < -0.4 is 0 Å². The third kappa shape index (κ3) is 4.21. The van der Waals surface area contributed by atoms with Crippen LogP contribution in [0.15, 0.2) is 48.5 Å². The van der Waals surface area contributed by atoms with E-state index < -0.39 is 5.82 Å². The molecule has 1 fully saturated rings. The highest BCUT2D eigenvalue weighted by Gasteiger charge is 2.32. The van der Waals surface area contributed by atoms with Crippen molar-refractivity contribution in [1.29, 1.82) is 0 Å². The fraction of sp³-hybridized carbons (Fsp3) is 0.304. The molecule has 8 nitrogen and oxygen atoms in total. The number of rotatable bonds is 3. The quantitative estimate of drug-likeness (QED) is 0.609. The Morgan fingerprint density at radius 1 is 0.909 bits per heavy atom. The van der Waals surface area contributed by atoms with E-state index in [1.54, 1.807) is 32.7 Å². The van der Waals surface area contributed by atoms with E-state index in [9.17, 15) is 18.4 Å². The van der Waals surface area contributed by atoms with Crippen LogP contribution in [0.3, 0.4) is 0 Å². The van der Waals surface area contributed by atoms with Gasteiger partial charge < -0.3 is 14.5 Å². The van der Waals surface area contributed by atoms with Crippen LogP contribution >= 0.6 is 0 Å². The van der Waals surface area contributed by atoms with Crippen LogP contribution in [-0.4, -0.2) is 62.8 Å². The smallest absolute Gasteiger partial charge is 0.276 e. The molecule has 2 aromatic carbocycles. The van der Waals surface area contributed by atoms with Crippen LogP contribution in [0.2, 0.25) is 0 Å². The van der Waals surface area contributed by atoms with Gasteiger partial charge in [0.25, 0.3) is 11.8 Å². The topological polar surface area (TPSA) is 80.6 Å². The molecule has 2 amide bonds. The number of hydrogen-bond donors (Lipinski definition) is 0. The third-order valence-electron chi connectivity index (χ3n) is 5.97. The van der Waals surface area contributed by atoms with Crippen molar-refractivity contribution in [2.75, 3.05) is 26.2 Å². The molecule has 0 N–H and O–H groups in total. The van der Waals surface area contributed by atoms with Gasteiger partial charge in [-0.1, -0.05) is 23.4 Å². The fourth-order valence-corrected chi connectivity index (χ4v) is 4.12. The van der Waals surface area contributed by atoms with E-state index in [4.69, 9.17) is 4.74 Å². The Labute approximate surface area is 188 Å². The minimum absolute atomic E-state index is 0.161. The number of amides is 2. The van der Waals surface area contributed by atoms with Crippen molar-refractivity contribution in [3.8, 4) is 0 Å². The molecule has 33 heavy (non-hydrogen) atoms. The van der Waals surface area contributed by atoms with E-state index in [1.807, 2.05) is 0 Å². The molecule has 1 aromatic heterocycles. The van der Waals surface area contributed by atoms with E-state index in [2.05, 4.69) is 10.3 Å². The Morgan fingerprint density at radius 2 is 1.61 bits per heavy atom. The van der Waals surface area contributed by atoms with Gasteiger partial charge in [-0.05, 0) is 35.9 Å². The number of carbonyl (C=O) groups excluding carboxylic acids is 2. The molecule has 2 aliphatic rings. The maximum Gasteiger partial charge on any atom is 0.276 e. The Bertz CT molecular complexity index is 1190. The van der Waals surface area contributed by atoms with Crippen molar-refractivity contribution < 1.29 is 23.1 Å². The maximum atomic E-state index is 13.4. The van der Waals surface area contributed by atoms with Crippen molar-refractivity contribution in [3.63, 3.8) is 0 Å². The number of hydrogen-bond acceptors (Lipinski definition) is 5. The van der Waals surface area contributed by atoms with Crippen LogP contribution in [-0.2, 0) is 17.9 Å². The Kier molecular flexibility index (Phi) is 5.59. The van der Waals surface area contributed by atoms with E-state index >= 15 is 0 Å². The average molecular weight is 453 g/mol. The zero-order valence-corrected chi connectivity index (χ0v) is 17.7. The highest BCUT2D eigenvalue weighted by Crippen LogP contribution is 2.27. The molecule has 1 unspecified atom stereocenters. The molecule has 0 spiro atoms. The van der Waals surface area contributed by atoms with Crippen molar-refractivity contribution >= 4 is 11.8 Å². The summed E-state index contributed by atoms with van der Waals surface area (Å²) in [4.78, 5) is 28.9. The Morgan fingerprint density at radius 3 is 2.30 bits per heavy atom. The fourth-order valence-electron chi connectivity index (χ4n) is 4.12. The summed E-state index contributed by atoms with van der Waals surface area (Å²) in [7, 11) is 0. The third-order valence-corrected chi connectivity index (χ3v) is 5.97. The number of ether oxygens (including phenoxy) is 1. The molecule has 5 rings (SSSR count). The maximum absolute atomic E-state index is 13.4. The molecule has 0 saturated carbocycles. The normalized spacial score (nSPS) is 18.2. The molecule has 1 atom stereocenters. The minimum atomic E-state index is -0.462. The van der Waals surface area contributed by atoms with Gasteiger partial charge in [-0.3, -0.25) is 9.59 Å². The largest absolute Gasteiger partial charge is 0.365 e. The summed E-state index contributed by atoms with van der Waals surface area (Å²) in [5.41, 5.74) is 1.94. The summed E-state index contributed by atoms with van der Waals surface area (Å²) < 4.78 is 34.2. The summed E-state index contributed by atoms with van der Waals surface area (Å²) in [5.74, 6) is -1.31. The minimum Gasteiger partial charge on any atom is -0.365 e. The van der Waals surface area contributed by atoms with E-state index in [0.717, 1.165) is 5.56 Å². The molecule has 170 valence electrons. The summed E-state index contributed by atoms with van der Waals surface area (Å²) in [6.07, 6.45) is -0.305. The SMILES string of the molecule is O=C(c1cccc(F)c1)N1CCN(C(=O)c2nnn3c2COC(c2ccc(F)cc2)C3)CC1. The highest BCUT2D eigenvalue weighted by atomic mass is 19.1. The summed E-state index contributed by atoms with van der Waals surface area (Å²) in [6.45, 7) is 1.89. The van der Waals surface area contributed by atoms with Gasteiger partial charge >= 0.3 is 0 Å². The van der Waals surface area contributed by atoms with Gasteiger partial charge in [-0.15, -0.1) is 5.10 Å². The van der Waals surface area contributed by atoms with Gasteiger partial charge in [0.15, 0.2) is 5.69 Å². The van der Waals surface area contributed by atoms with Crippen molar-refractivity contribution in [2.45, 2.75) is 19.3 Å². The van der Waals surface area contributed by atoms with Crippen LogP contribution in [0.4, 0.5) is 8.78 Å². The van der Waals surface area contributed by atoms with Crippen molar-refractivity contribution in [2.24, 2.45) is 0 Å². The first-order chi connectivity index (χ1) is 16.0. The number of fused-ring (bicyclic) bond motifs is 1. The number of halogens is 2. The molecule has 2 aliphatic heterocycles. The van der Waals surface area contributed by atoms with Gasteiger partial charge in [-0.2, -0.15) is 0 Å². The van der Waals surface area contributed by atoms with Gasteiger partial charge in [0.1, 0.15) is 17.7 Å². The molecule has 0 radical (unpaired) electrons. The van der Waals surface area contributed by atoms with Gasteiger partial charge in [0, 0.05) is 31.7 Å². The van der Waals surface area contributed by atoms with Crippen LogP contribution in [0.1, 0.15) is 38.2 Å². The molecule has 0 aliphatic carbocycles. The number of nitrogens with zero attached hydrogens (tertiary/aromatic N) is 5. The van der Waals surface area contributed by atoms with Crippen molar-refractivity contribution in [1.82, 2.24) is 24.8 Å². The van der Waals surface area contributed by atoms with E-state index in [0.29, 0.717) is 38.4 Å². The van der Waals surface area contributed by atoms with Crippen LogP contribution in [0, 0.1) is 11.6 Å². The first-order valence-electron chi connectivity index (χ1n) is 10.6. The monoisotopic (exact) mass is 453 g/mol. The molecule has 1 saturated heterocycles. The summed E-state index contributed by atoms with van der Waals surface area (Å²) in [5, 5.41) is 8.21. The van der Waals surface area contributed by atoms with Crippen LogP contribution in [0.25, 0.3) is 0 Å². The lowest BCUT2D eigenvalue weighted by Gasteiger charge is -2.34. The lowest BCUT2D eigenvalue weighted by atomic mass is 10.1. The van der Waals surface area contributed by atoms with Gasteiger partial charge in [-0.25, -0.2) is 13.5 Å². The summed E-state index contributed by atoms with van der Waals surface area (Å²) >= 11 is 0. The first kappa shape index (κ1) is 21.2. The second-order valence-electron chi connectivity index (χ2n) is 8.01. The second-order valence-corrected chi connectivity index (χ2v) is 8.01. The molecular formula is C23H21F2N5O3. The van der Waals surface area contributed by atoms with Gasteiger partial charge in [0.2, 0.25) is 0 Å². The van der Waals surface area contributed by atoms with Crippen molar-refractivity contribution in [3.05, 3.63) is 82.7 Å². The standard InChI is InChI=1S/C23H21F2N5O3/c24-17-6-4-15(5-7-17)20-13-30-19(14-33-20)21(26-27-30)23(32)29-10-8-28(9-11-29)22(31)16-2-1-3-18(25)12-16/h1-7,12,20H,8-11,13-14H2. The molecule has 3 heterocycles. The zero-order chi connectivity index (χ0) is 22.9. The predicted octanol–water partition coefficient (Wildman–Crippen LogP) is 2.43. The molecular weight excluding hydrogens is 432 g/mol. The second kappa shape index (κ2) is 8.70. The number of piperazine rings is 1. The Hall–Kier alpha value is -3.66. The average Bonchev–Trinajstić information content (AvgIpc) is 3.27. The number of carbonyl (C=O) groups is 2. The molecule has 3 aromatic rings. The molecule has 10 heteroatoms. The highest BCUT2D eigenvalue weighted by molar-refractivity contribution is 5.95. The van der Waals surface area contributed by atoms with E-state index in [1.165, 1.54) is 30.3 Å². The van der Waals surface area contributed by atoms with Gasteiger partial charge in [0.05, 0.1) is 18.8 Å². The zero-order valence-electron chi connectivity index (χ0n) is 17.7. The molecule has 0 bridgehead atoms. The lowest BCUT2D eigenvalue weighted by Crippen LogP contribution is -2.50. The first-order valence-corrected chi connectivity index (χ1v) is 10.6. The predicted molar refractivity (Wildman–Crippen MR) is 112 cm³/mol. The van der Waals surface area contributed by atoms with Crippen LogP contribution in [0.5, 0.6) is 0 Å². The summed E-state index contributed by atoms with van der Waals surface area (Å²) in [6, 6.07) is 11.7. The Balaban J connectivity index is 1.23.